The molecule has 20 heavy (non-hydrogen) atoms. The van der Waals surface area contributed by atoms with Gasteiger partial charge in [-0.15, -0.1) is 0 Å². The van der Waals surface area contributed by atoms with Crippen LogP contribution in [0.15, 0.2) is 18.2 Å². The van der Waals surface area contributed by atoms with E-state index in [4.69, 9.17) is 0 Å². The predicted octanol–water partition coefficient (Wildman–Crippen LogP) is 1.64. The van der Waals surface area contributed by atoms with Gasteiger partial charge in [0.1, 0.15) is 5.60 Å². The first-order valence-electron chi connectivity index (χ1n) is 7.54. The molecule has 0 atom stereocenters. The van der Waals surface area contributed by atoms with Crippen LogP contribution in [0.1, 0.15) is 35.2 Å². The fourth-order valence-corrected chi connectivity index (χ4v) is 3.43. The second-order valence-electron chi connectivity index (χ2n) is 6.44. The van der Waals surface area contributed by atoms with E-state index in [0.717, 1.165) is 43.5 Å². The minimum absolute atomic E-state index is 0.0590. The molecule has 1 aromatic carbocycles. The molecule has 1 amide bonds. The maximum Gasteiger partial charge on any atom is 0.254 e. The number of hydrogen-bond donors (Lipinski definition) is 2. The highest BCUT2D eigenvalue weighted by Gasteiger charge is 2.53. The molecule has 106 valence electrons. The highest BCUT2D eigenvalue weighted by atomic mass is 16.3. The summed E-state index contributed by atoms with van der Waals surface area (Å²) in [5, 5.41) is 13.7. The third-order valence-electron chi connectivity index (χ3n) is 4.84. The molecule has 0 unspecified atom stereocenters. The van der Waals surface area contributed by atoms with Gasteiger partial charge < -0.3 is 15.3 Å². The zero-order valence-corrected chi connectivity index (χ0v) is 11.6. The Hall–Kier alpha value is -1.55. The number of rotatable bonds is 2. The lowest BCUT2D eigenvalue weighted by molar-refractivity contribution is -0.0958. The topological polar surface area (TPSA) is 52.6 Å². The van der Waals surface area contributed by atoms with Crippen molar-refractivity contribution in [2.45, 2.75) is 31.3 Å². The Balaban J connectivity index is 1.49. The maximum atomic E-state index is 12.4. The molecule has 2 aliphatic heterocycles. The minimum atomic E-state index is -0.592. The monoisotopic (exact) mass is 272 g/mol. The normalized spacial score (nSPS) is 23.6. The van der Waals surface area contributed by atoms with Crippen molar-refractivity contribution in [3.8, 4) is 0 Å². The summed E-state index contributed by atoms with van der Waals surface area (Å²) in [6, 6.07) is 5.92. The zero-order valence-electron chi connectivity index (χ0n) is 11.6. The van der Waals surface area contributed by atoms with Crippen molar-refractivity contribution in [1.82, 2.24) is 4.90 Å². The van der Waals surface area contributed by atoms with E-state index in [1.54, 1.807) is 4.90 Å². The lowest BCUT2D eigenvalue weighted by atomic mass is 9.88. The molecule has 0 aromatic heterocycles. The summed E-state index contributed by atoms with van der Waals surface area (Å²) in [5.41, 5.74) is 2.56. The van der Waals surface area contributed by atoms with Crippen LogP contribution in [0.2, 0.25) is 0 Å². The third kappa shape index (κ3) is 1.90. The molecule has 4 nitrogen and oxygen atoms in total. The number of carbonyl (C=O) groups excluding carboxylic acids is 1. The van der Waals surface area contributed by atoms with Crippen LogP contribution in [0.25, 0.3) is 0 Å². The van der Waals surface area contributed by atoms with Crippen molar-refractivity contribution < 1.29 is 9.90 Å². The van der Waals surface area contributed by atoms with Gasteiger partial charge in [-0.2, -0.15) is 0 Å². The number of nitrogens with zero attached hydrogens (tertiary/aromatic N) is 1. The number of benzene rings is 1. The van der Waals surface area contributed by atoms with Crippen LogP contribution in [0.4, 0.5) is 5.69 Å². The van der Waals surface area contributed by atoms with E-state index in [9.17, 15) is 9.90 Å². The molecule has 3 aliphatic rings. The van der Waals surface area contributed by atoms with Crippen LogP contribution >= 0.6 is 0 Å². The molecule has 0 radical (unpaired) electrons. The van der Waals surface area contributed by atoms with Crippen molar-refractivity contribution in [3.05, 3.63) is 29.3 Å². The van der Waals surface area contributed by atoms with Crippen LogP contribution in [0, 0.1) is 5.92 Å². The van der Waals surface area contributed by atoms with Crippen LogP contribution in [-0.2, 0) is 6.42 Å². The molecule has 1 aliphatic carbocycles. The van der Waals surface area contributed by atoms with Crippen LogP contribution in [-0.4, -0.2) is 41.1 Å². The molecule has 2 heterocycles. The molecule has 1 saturated carbocycles. The Kier molecular flexibility index (Phi) is 2.58. The van der Waals surface area contributed by atoms with Crippen LogP contribution < -0.4 is 5.32 Å². The summed E-state index contributed by atoms with van der Waals surface area (Å²) >= 11 is 0. The number of β-amino-alcohol motifs (C(OH)–C–C–N with tert-alkyl or cyclic N) is 1. The number of likely N-dealkylation sites (tertiary alicyclic amines) is 1. The third-order valence-corrected chi connectivity index (χ3v) is 4.84. The van der Waals surface area contributed by atoms with E-state index in [0.29, 0.717) is 19.0 Å². The van der Waals surface area contributed by atoms with E-state index in [1.807, 2.05) is 18.2 Å². The number of nitrogens with one attached hydrogen (secondary N) is 1. The first kappa shape index (κ1) is 12.2. The maximum absolute atomic E-state index is 12.4. The molecule has 4 heteroatoms. The summed E-state index contributed by atoms with van der Waals surface area (Å²) in [6.45, 7) is 2.03. The zero-order chi connectivity index (χ0) is 13.7. The average Bonchev–Trinajstić information content (AvgIpc) is 3.27. The molecule has 1 aromatic rings. The molecular formula is C16H20N2O2. The van der Waals surface area contributed by atoms with E-state index in [2.05, 4.69) is 5.32 Å². The highest BCUT2D eigenvalue weighted by molar-refractivity contribution is 5.95. The summed E-state index contributed by atoms with van der Waals surface area (Å²) in [5.74, 6) is 0.489. The number of fused-ring (bicyclic) bond motifs is 1. The lowest BCUT2D eigenvalue weighted by Gasteiger charge is -2.47. The van der Waals surface area contributed by atoms with E-state index in [-0.39, 0.29) is 5.91 Å². The van der Waals surface area contributed by atoms with Crippen molar-refractivity contribution >= 4 is 11.6 Å². The Morgan fingerprint density at radius 2 is 2.15 bits per heavy atom. The number of hydrogen-bond acceptors (Lipinski definition) is 3. The summed E-state index contributed by atoms with van der Waals surface area (Å²) in [7, 11) is 0. The van der Waals surface area contributed by atoms with Crippen molar-refractivity contribution in [2.24, 2.45) is 5.92 Å². The second kappa shape index (κ2) is 4.22. The Bertz CT molecular complexity index is 560. The fraction of sp³-hybridized carbons (Fsp3) is 0.562. The first-order chi connectivity index (χ1) is 9.66. The summed E-state index contributed by atoms with van der Waals surface area (Å²) in [6.07, 6.45) is 4.39. The number of aryl methyl sites for hydroxylation is 1. The van der Waals surface area contributed by atoms with Gasteiger partial charge in [-0.25, -0.2) is 0 Å². The largest absolute Gasteiger partial charge is 0.386 e. The molecule has 2 N–H and O–H groups in total. The molecule has 2 fully saturated rings. The average molecular weight is 272 g/mol. The van der Waals surface area contributed by atoms with E-state index < -0.39 is 5.60 Å². The minimum Gasteiger partial charge on any atom is -0.386 e. The van der Waals surface area contributed by atoms with Crippen LogP contribution in [0.5, 0.6) is 0 Å². The predicted molar refractivity (Wildman–Crippen MR) is 76.8 cm³/mol. The van der Waals surface area contributed by atoms with Gasteiger partial charge in [-0.05, 0) is 55.4 Å². The van der Waals surface area contributed by atoms with Crippen molar-refractivity contribution in [3.63, 3.8) is 0 Å². The van der Waals surface area contributed by atoms with Gasteiger partial charge in [-0.1, -0.05) is 0 Å². The number of carbonyl (C=O) groups is 1. The van der Waals surface area contributed by atoms with Gasteiger partial charge in [-0.3, -0.25) is 4.79 Å². The quantitative estimate of drug-likeness (QED) is 0.860. The Morgan fingerprint density at radius 1 is 1.35 bits per heavy atom. The van der Waals surface area contributed by atoms with Gasteiger partial charge in [0.15, 0.2) is 0 Å². The van der Waals surface area contributed by atoms with Crippen molar-refractivity contribution in [1.29, 1.82) is 0 Å². The fourth-order valence-electron chi connectivity index (χ4n) is 3.43. The van der Waals surface area contributed by atoms with E-state index >= 15 is 0 Å². The molecule has 0 spiro atoms. The van der Waals surface area contributed by atoms with Gasteiger partial charge in [0, 0.05) is 17.8 Å². The Morgan fingerprint density at radius 3 is 2.90 bits per heavy atom. The highest BCUT2D eigenvalue weighted by Crippen LogP contribution is 2.44. The summed E-state index contributed by atoms with van der Waals surface area (Å²) < 4.78 is 0. The van der Waals surface area contributed by atoms with Crippen LogP contribution in [0.3, 0.4) is 0 Å². The standard InChI is InChI=1S/C16H20N2O2/c19-15(18-9-16(20,10-18)13-4-5-13)12-3-6-14-11(8-12)2-1-7-17-14/h3,6,8,13,17,20H,1-2,4-5,7,9-10H2. The van der Waals surface area contributed by atoms with Gasteiger partial charge in [0.2, 0.25) is 0 Å². The van der Waals surface area contributed by atoms with Crippen molar-refractivity contribution in [2.75, 3.05) is 25.0 Å². The van der Waals surface area contributed by atoms with Gasteiger partial charge in [0.25, 0.3) is 5.91 Å². The Labute approximate surface area is 118 Å². The lowest BCUT2D eigenvalue weighted by Crippen LogP contribution is -2.64. The number of amides is 1. The number of aliphatic hydroxyl groups is 1. The molecule has 4 rings (SSSR count). The molecule has 0 bridgehead atoms. The molecular weight excluding hydrogens is 252 g/mol. The summed E-state index contributed by atoms with van der Waals surface area (Å²) in [4.78, 5) is 14.2. The number of anilines is 1. The first-order valence-corrected chi connectivity index (χ1v) is 7.54. The second-order valence-corrected chi connectivity index (χ2v) is 6.44. The van der Waals surface area contributed by atoms with Gasteiger partial charge in [0.05, 0.1) is 13.1 Å². The van der Waals surface area contributed by atoms with E-state index in [1.165, 1.54) is 5.56 Å². The molecule has 1 saturated heterocycles. The van der Waals surface area contributed by atoms with Gasteiger partial charge >= 0.3 is 0 Å². The smallest absolute Gasteiger partial charge is 0.254 e. The SMILES string of the molecule is O=C(c1ccc2c(c1)CCCN2)N1CC(O)(C2CC2)C1.